The number of anilines is 3. The molecule has 40 heavy (non-hydrogen) atoms. The van der Waals surface area contributed by atoms with Crippen molar-refractivity contribution in [3.63, 3.8) is 0 Å². The SMILES string of the molecule is CO[C@@H]1CN(c2nccc(N3CCN(C[C@H]4CN(c5ccc(C#N)c6ncccc56)C[C@@H](C)O4)CC3)n2)C[C@H]1N. The van der Waals surface area contributed by atoms with Gasteiger partial charge in [0, 0.05) is 89.5 Å². The van der Waals surface area contributed by atoms with Crippen LogP contribution >= 0.6 is 0 Å². The molecule has 3 fully saturated rings. The minimum atomic E-state index is -0.0336. The summed E-state index contributed by atoms with van der Waals surface area (Å²) < 4.78 is 11.9. The van der Waals surface area contributed by atoms with Gasteiger partial charge in [-0.3, -0.25) is 9.88 Å². The Labute approximate surface area is 235 Å². The molecule has 11 heteroatoms. The molecule has 0 bridgehead atoms. The van der Waals surface area contributed by atoms with Crippen molar-refractivity contribution in [1.82, 2.24) is 19.9 Å². The van der Waals surface area contributed by atoms with Gasteiger partial charge in [-0.25, -0.2) is 4.98 Å². The smallest absolute Gasteiger partial charge is 0.227 e. The first-order chi connectivity index (χ1) is 19.5. The Morgan fingerprint density at radius 3 is 2.62 bits per heavy atom. The highest BCUT2D eigenvalue weighted by molar-refractivity contribution is 5.95. The van der Waals surface area contributed by atoms with E-state index >= 15 is 0 Å². The molecule has 1 aromatic carbocycles. The van der Waals surface area contributed by atoms with Gasteiger partial charge in [-0.1, -0.05) is 0 Å². The number of benzene rings is 1. The average Bonchev–Trinajstić information content (AvgIpc) is 3.37. The zero-order valence-electron chi connectivity index (χ0n) is 23.2. The Balaban J connectivity index is 1.08. The molecule has 3 saturated heterocycles. The molecule has 0 aliphatic carbocycles. The molecule has 0 spiro atoms. The highest BCUT2D eigenvalue weighted by atomic mass is 16.5. The summed E-state index contributed by atoms with van der Waals surface area (Å²) in [6.07, 6.45) is 3.79. The van der Waals surface area contributed by atoms with E-state index in [0.29, 0.717) is 24.6 Å². The summed E-state index contributed by atoms with van der Waals surface area (Å²) in [6, 6.07) is 12.2. The number of morpholine rings is 1. The molecular weight excluding hydrogens is 506 g/mol. The minimum absolute atomic E-state index is 0.00347. The lowest BCUT2D eigenvalue weighted by Crippen LogP contribution is -2.54. The van der Waals surface area contributed by atoms with Crippen LogP contribution in [-0.2, 0) is 9.47 Å². The van der Waals surface area contributed by atoms with Gasteiger partial charge in [0.15, 0.2) is 0 Å². The molecule has 11 nitrogen and oxygen atoms in total. The number of aromatic nitrogens is 3. The Morgan fingerprint density at radius 1 is 1.00 bits per heavy atom. The highest BCUT2D eigenvalue weighted by Gasteiger charge is 2.32. The van der Waals surface area contributed by atoms with E-state index in [0.717, 1.165) is 68.2 Å². The van der Waals surface area contributed by atoms with Crippen molar-refractivity contribution in [3.8, 4) is 6.07 Å². The first-order valence-corrected chi connectivity index (χ1v) is 14.0. The molecular formula is C29H37N9O2. The van der Waals surface area contributed by atoms with Crippen LogP contribution in [0, 0.1) is 11.3 Å². The fourth-order valence-corrected chi connectivity index (χ4v) is 6.19. The summed E-state index contributed by atoms with van der Waals surface area (Å²) >= 11 is 0. The van der Waals surface area contributed by atoms with Gasteiger partial charge in [-0.15, -0.1) is 0 Å². The summed E-state index contributed by atoms with van der Waals surface area (Å²) in [5, 5.41) is 10.6. The third-order valence-corrected chi connectivity index (χ3v) is 8.22. The van der Waals surface area contributed by atoms with Crippen LogP contribution in [0.25, 0.3) is 10.9 Å². The molecule has 210 valence electrons. The minimum Gasteiger partial charge on any atom is -0.378 e. The van der Waals surface area contributed by atoms with Gasteiger partial charge >= 0.3 is 0 Å². The van der Waals surface area contributed by atoms with Crippen molar-refractivity contribution >= 4 is 28.4 Å². The number of piperazine rings is 1. The van der Waals surface area contributed by atoms with E-state index < -0.39 is 0 Å². The molecule has 2 aromatic heterocycles. The number of ether oxygens (including phenoxy) is 2. The Kier molecular flexibility index (Phi) is 7.67. The average molecular weight is 544 g/mol. The van der Waals surface area contributed by atoms with Gasteiger partial charge in [0.05, 0.1) is 35.4 Å². The summed E-state index contributed by atoms with van der Waals surface area (Å²) in [7, 11) is 1.70. The van der Waals surface area contributed by atoms with Crippen LogP contribution in [0.15, 0.2) is 42.7 Å². The van der Waals surface area contributed by atoms with Gasteiger partial charge in [-0.2, -0.15) is 10.2 Å². The molecule has 3 aliphatic rings. The Bertz CT molecular complexity index is 1370. The van der Waals surface area contributed by atoms with E-state index in [9.17, 15) is 5.26 Å². The Hall–Kier alpha value is -3.56. The number of rotatable bonds is 6. The van der Waals surface area contributed by atoms with Crippen molar-refractivity contribution in [2.45, 2.75) is 31.3 Å². The molecule has 6 rings (SSSR count). The van der Waals surface area contributed by atoms with Crippen LogP contribution < -0.4 is 20.4 Å². The standard InChI is InChI=1S/C29H37N9O2/c1-20-15-37(25-6-5-21(14-30)28-23(25)4-3-8-32-28)17-22(40-20)16-35-10-12-36(13-11-35)27-7-9-33-29(34-27)38-18-24(31)26(19-38)39-2/h3-9,20,22,24,26H,10-13,15-19,31H2,1-2H3/t20-,22+,24-,26-/m1/s1. The van der Waals surface area contributed by atoms with Crippen LogP contribution in [0.3, 0.4) is 0 Å². The fraction of sp³-hybridized carbons (Fsp3) is 0.517. The monoisotopic (exact) mass is 543 g/mol. The molecule has 0 saturated carbocycles. The fourth-order valence-electron chi connectivity index (χ4n) is 6.19. The number of methoxy groups -OCH3 is 1. The lowest BCUT2D eigenvalue weighted by molar-refractivity contribution is -0.0327. The van der Waals surface area contributed by atoms with Crippen molar-refractivity contribution in [3.05, 3.63) is 48.3 Å². The third kappa shape index (κ3) is 5.40. The normalized spacial score (nSPS) is 25.9. The van der Waals surface area contributed by atoms with Crippen molar-refractivity contribution in [2.24, 2.45) is 5.73 Å². The highest BCUT2D eigenvalue weighted by Crippen LogP contribution is 2.30. The second-order valence-corrected chi connectivity index (χ2v) is 11.0. The van der Waals surface area contributed by atoms with Crippen molar-refractivity contribution in [1.29, 1.82) is 5.26 Å². The van der Waals surface area contributed by atoms with Crippen molar-refractivity contribution in [2.75, 3.05) is 80.7 Å². The molecule has 0 amide bonds. The third-order valence-electron chi connectivity index (χ3n) is 8.22. The van der Waals surface area contributed by atoms with E-state index in [-0.39, 0.29) is 24.4 Å². The summed E-state index contributed by atoms with van der Waals surface area (Å²) in [5.74, 6) is 1.67. The van der Waals surface area contributed by atoms with E-state index in [4.69, 9.17) is 20.2 Å². The number of nitrogens with zero attached hydrogens (tertiary/aromatic N) is 8. The van der Waals surface area contributed by atoms with Crippen LogP contribution in [0.5, 0.6) is 0 Å². The molecule has 3 aromatic rings. The zero-order valence-corrected chi connectivity index (χ0v) is 23.2. The van der Waals surface area contributed by atoms with E-state index in [1.165, 1.54) is 0 Å². The lowest BCUT2D eigenvalue weighted by atomic mass is 10.1. The first-order valence-electron chi connectivity index (χ1n) is 14.0. The maximum absolute atomic E-state index is 9.54. The predicted octanol–water partition coefficient (Wildman–Crippen LogP) is 1.47. The zero-order chi connectivity index (χ0) is 27.6. The van der Waals surface area contributed by atoms with E-state index in [1.807, 2.05) is 24.4 Å². The van der Waals surface area contributed by atoms with Crippen LogP contribution in [0.2, 0.25) is 0 Å². The molecule has 2 N–H and O–H groups in total. The van der Waals surface area contributed by atoms with Gasteiger partial charge in [0.1, 0.15) is 11.9 Å². The number of nitrogens with two attached hydrogens (primary N) is 1. The van der Waals surface area contributed by atoms with Crippen LogP contribution in [0.1, 0.15) is 12.5 Å². The maximum atomic E-state index is 9.54. The number of hydrogen-bond acceptors (Lipinski definition) is 11. The summed E-state index contributed by atoms with van der Waals surface area (Å²) in [6.45, 7) is 9.70. The van der Waals surface area contributed by atoms with E-state index in [1.54, 1.807) is 13.3 Å². The second-order valence-electron chi connectivity index (χ2n) is 11.0. The van der Waals surface area contributed by atoms with Crippen LogP contribution in [0.4, 0.5) is 17.5 Å². The maximum Gasteiger partial charge on any atom is 0.227 e. The number of nitriles is 1. The largest absolute Gasteiger partial charge is 0.378 e. The molecule has 3 aliphatic heterocycles. The number of pyridine rings is 1. The van der Waals surface area contributed by atoms with Gasteiger partial charge in [0.25, 0.3) is 0 Å². The number of fused-ring (bicyclic) bond motifs is 1. The first kappa shape index (κ1) is 26.7. The molecule has 4 atom stereocenters. The van der Waals surface area contributed by atoms with Gasteiger partial charge in [0.2, 0.25) is 5.95 Å². The molecule has 0 unspecified atom stereocenters. The Morgan fingerprint density at radius 2 is 1.85 bits per heavy atom. The van der Waals surface area contributed by atoms with E-state index in [2.05, 4.69) is 54.7 Å². The van der Waals surface area contributed by atoms with Crippen LogP contribution in [-0.4, -0.2) is 110 Å². The quantitative estimate of drug-likeness (QED) is 0.487. The second kappa shape index (κ2) is 11.5. The summed E-state index contributed by atoms with van der Waals surface area (Å²) in [5.41, 5.74) is 8.69. The van der Waals surface area contributed by atoms with Crippen molar-refractivity contribution < 1.29 is 9.47 Å². The lowest BCUT2D eigenvalue weighted by Gasteiger charge is -2.42. The topological polar surface area (TPSA) is 120 Å². The summed E-state index contributed by atoms with van der Waals surface area (Å²) in [4.78, 5) is 23.2. The number of hydrogen-bond donors (Lipinski definition) is 1. The molecule has 5 heterocycles. The predicted molar refractivity (Wildman–Crippen MR) is 155 cm³/mol. The molecule has 0 radical (unpaired) electrons. The van der Waals surface area contributed by atoms with Gasteiger partial charge < -0.3 is 29.9 Å². The van der Waals surface area contributed by atoms with Gasteiger partial charge in [-0.05, 0) is 37.3 Å².